The third-order valence-electron chi connectivity index (χ3n) is 6.84. The van der Waals surface area contributed by atoms with E-state index in [0.29, 0.717) is 23.1 Å². The van der Waals surface area contributed by atoms with Crippen LogP contribution in [-0.2, 0) is 0 Å². The van der Waals surface area contributed by atoms with Crippen LogP contribution in [0.25, 0.3) is 10.9 Å². The van der Waals surface area contributed by atoms with Crippen molar-refractivity contribution < 1.29 is 4.39 Å². The molecule has 35 heavy (non-hydrogen) atoms. The van der Waals surface area contributed by atoms with Gasteiger partial charge in [0.2, 0.25) is 0 Å². The van der Waals surface area contributed by atoms with E-state index in [4.69, 9.17) is 16.9 Å². The van der Waals surface area contributed by atoms with Crippen LogP contribution in [0.15, 0.2) is 67.3 Å². The third kappa shape index (κ3) is 4.67. The van der Waals surface area contributed by atoms with Gasteiger partial charge < -0.3 is 16.4 Å². The molecule has 2 aliphatic rings. The lowest BCUT2D eigenvalue weighted by Gasteiger charge is -2.27. The molecule has 1 saturated carbocycles. The monoisotopic (exact) mass is 470 g/mol. The third-order valence-corrected chi connectivity index (χ3v) is 6.84. The van der Waals surface area contributed by atoms with Gasteiger partial charge in [-0.15, -0.1) is 0 Å². The Morgan fingerprint density at radius 3 is 2.60 bits per heavy atom. The molecule has 4 aromatic rings. The van der Waals surface area contributed by atoms with E-state index in [2.05, 4.69) is 24.8 Å². The minimum absolute atomic E-state index is 0.178. The molecule has 3 unspecified atom stereocenters. The standard InChI is InChI=1S/C20H22N8.C6H5F/c21-7-14-11-3-6-28(10-15(11)14)17-9-26-19(20(23)27-17)18(22)13-2-5-25-16-8-24-4-1-12(13)16;7-6-4-2-1-3-5-6/h1-2,4-5,8-9,11,14-15,22H,3,6-7,10,21H2,(H2,23,27);1-5H. The molecule has 0 radical (unpaired) electrons. The van der Waals surface area contributed by atoms with Crippen molar-refractivity contribution in [2.75, 3.05) is 30.3 Å². The quantitative estimate of drug-likeness (QED) is 0.390. The zero-order chi connectivity index (χ0) is 24.4. The number of nitrogen functional groups attached to an aromatic ring is 1. The molecule has 0 spiro atoms. The molecule has 3 aromatic heterocycles. The second-order valence-electron chi connectivity index (χ2n) is 8.85. The van der Waals surface area contributed by atoms with Crippen LogP contribution < -0.4 is 16.4 Å². The molecule has 1 aliphatic carbocycles. The number of benzene rings is 1. The topological polar surface area (TPSA) is 131 Å². The molecule has 9 heteroatoms. The van der Waals surface area contributed by atoms with E-state index >= 15 is 0 Å². The number of fused-ring (bicyclic) bond motifs is 2. The number of piperidine rings is 1. The Balaban J connectivity index is 0.000000313. The summed E-state index contributed by atoms with van der Waals surface area (Å²) in [6.45, 7) is 2.67. The maximum Gasteiger partial charge on any atom is 0.154 e. The summed E-state index contributed by atoms with van der Waals surface area (Å²) >= 11 is 0. The summed E-state index contributed by atoms with van der Waals surface area (Å²) in [6.07, 6.45) is 7.91. The van der Waals surface area contributed by atoms with Crippen LogP contribution in [0.1, 0.15) is 17.7 Å². The Hall–Kier alpha value is -3.98. The first-order valence-corrected chi connectivity index (χ1v) is 11.6. The van der Waals surface area contributed by atoms with Crippen LogP contribution in [0.4, 0.5) is 16.0 Å². The molecule has 0 amide bonds. The average Bonchev–Trinajstić information content (AvgIpc) is 3.61. The lowest BCUT2D eigenvalue weighted by atomic mass is 10.0. The first-order valence-electron chi connectivity index (χ1n) is 11.6. The zero-order valence-corrected chi connectivity index (χ0v) is 19.2. The van der Waals surface area contributed by atoms with Crippen LogP contribution in [-0.4, -0.2) is 45.3 Å². The van der Waals surface area contributed by atoms with Gasteiger partial charge in [-0.1, -0.05) is 18.2 Å². The Morgan fingerprint density at radius 1 is 1.06 bits per heavy atom. The van der Waals surface area contributed by atoms with E-state index < -0.39 is 0 Å². The minimum atomic E-state index is -0.178. The Bertz CT molecular complexity index is 1340. The number of hydrogen-bond donors (Lipinski definition) is 3. The molecule has 4 heterocycles. The van der Waals surface area contributed by atoms with Gasteiger partial charge in [0, 0.05) is 36.4 Å². The van der Waals surface area contributed by atoms with Gasteiger partial charge >= 0.3 is 0 Å². The predicted molar refractivity (Wildman–Crippen MR) is 135 cm³/mol. The summed E-state index contributed by atoms with van der Waals surface area (Å²) in [4.78, 5) is 19.7. The summed E-state index contributed by atoms with van der Waals surface area (Å²) in [5, 5.41) is 9.48. The smallest absolute Gasteiger partial charge is 0.154 e. The van der Waals surface area contributed by atoms with Crippen molar-refractivity contribution >= 4 is 28.3 Å². The number of nitrogens with one attached hydrogen (secondary N) is 1. The van der Waals surface area contributed by atoms with E-state index in [9.17, 15) is 4.39 Å². The average molecular weight is 471 g/mol. The van der Waals surface area contributed by atoms with Crippen LogP contribution in [0, 0.1) is 29.0 Å². The second-order valence-corrected chi connectivity index (χ2v) is 8.85. The Labute approximate surface area is 202 Å². The van der Waals surface area contributed by atoms with E-state index in [-0.39, 0.29) is 17.3 Å². The van der Waals surface area contributed by atoms with Crippen LogP contribution >= 0.6 is 0 Å². The maximum atomic E-state index is 11.9. The minimum Gasteiger partial charge on any atom is -0.382 e. The molecular formula is C26H27FN8. The van der Waals surface area contributed by atoms with Crippen LogP contribution in [0.5, 0.6) is 0 Å². The summed E-state index contributed by atoms with van der Waals surface area (Å²) in [6, 6.07) is 11.6. The molecule has 3 atom stereocenters. The summed E-state index contributed by atoms with van der Waals surface area (Å²) in [5.74, 6) is 2.96. The molecule has 0 bridgehead atoms. The van der Waals surface area contributed by atoms with Crippen molar-refractivity contribution in [2.24, 2.45) is 23.5 Å². The highest BCUT2D eigenvalue weighted by atomic mass is 19.1. The van der Waals surface area contributed by atoms with Crippen molar-refractivity contribution in [3.05, 3.63) is 84.3 Å². The molecular weight excluding hydrogens is 443 g/mol. The molecule has 1 aliphatic heterocycles. The van der Waals surface area contributed by atoms with Crippen molar-refractivity contribution in [1.82, 2.24) is 19.9 Å². The van der Waals surface area contributed by atoms with E-state index in [1.807, 2.05) is 6.07 Å². The number of nitrogens with two attached hydrogens (primary N) is 2. The molecule has 8 nitrogen and oxygen atoms in total. The number of pyridine rings is 2. The van der Waals surface area contributed by atoms with Gasteiger partial charge in [0.05, 0.1) is 23.6 Å². The van der Waals surface area contributed by atoms with Gasteiger partial charge in [-0.25, -0.2) is 14.4 Å². The lowest BCUT2D eigenvalue weighted by molar-refractivity contribution is 0.546. The van der Waals surface area contributed by atoms with Gasteiger partial charge in [0.25, 0.3) is 0 Å². The Kier molecular flexibility index (Phi) is 6.33. The van der Waals surface area contributed by atoms with Crippen molar-refractivity contribution in [3.8, 4) is 0 Å². The zero-order valence-electron chi connectivity index (χ0n) is 19.2. The first-order chi connectivity index (χ1) is 17.1. The van der Waals surface area contributed by atoms with Gasteiger partial charge in [-0.3, -0.25) is 15.4 Å². The number of aromatic nitrogens is 4. The normalized spacial score (nSPS) is 20.5. The molecule has 1 aromatic carbocycles. The van der Waals surface area contributed by atoms with E-state index in [0.717, 1.165) is 48.7 Å². The number of rotatable bonds is 4. The summed E-state index contributed by atoms with van der Waals surface area (Å²) in [7, 11) is 0. The van der Waals surface area contributed by atoms with Gasteiger partial charge in [0.1, 0.15) is 17.3 Å². The molecule has 1 saturated heterocycles. The van der Waals surface area contributed by atoms with Gasteiger partial charge in [-0.2, -0.15) is 0 Å². The summed E-state index contributed by atoms with van der Waals surface area (Å²) in [5.41, 5.74) is 14.1. The van der Waals surface area contributed by atoms with Crippen molar-refractivity contribution in [3.63, 3.8) is 0 Å². The lowest BCUT2D eigenvalue weighted by Crippen LogP contribution is -2.32. The number of anilines is 2. The SMILES string of the molecule is Fc1ccccc1.N=C(c1ncc(N2CCC3C(CN)C3C2)nc1N)c1ccnc2cnccc12. The predicted octanol–water partition coefficient (Wildman–Crippen LogP) is 3.27. The van der Waals surface area contributed by atoms with Gasteiger partial charge in [-0.05, 0) is 55.0 Å². The fourth-order valence-corrected chi connectivity index (χ4v) is 4.93. The number of halogens is 1. The number of hydrogen-bond acceptors (Lipinski definition) is 8. The highest BCUT2D eigenvalue weighted by Crippen LogP contribution is 2.51. The fourth-order valence-electron chi connectivity index (χ4n) is 4.93. The molecule has 5 N–H and O–H groups in total. The van der Waals surface area contributed by atoms with Crippen molar-refractivity contribution in [1.29, 1.82) is 5.41 Å². The molecule has 6 rings (SSSR count). The van der Waals surface area contributed by atoms with E-state index in [1.54, 1.807) is 49.1 Å². The summed E-state index contributed by atoms with van der Waals surface area (Å²) < 4.78 is 11.9. The second kappa shape index (κ2) is 9.71. The van der Waals surface area contributed by atoms with Crippen molar-refractivity contribution in [2.45, 2.75) is 6.42 Å². The fraction of sp³-hybridized carbons (Fsp3) is 0.269. The van der Waals surface area contributed by atoms with Crippen LogP contribution in [0.3, 0.4) is 0 Å². The first kappa shape index (κ1) is 22.8. The van der Waals surface area contributed by atoms with Gasteiger partial charge in [0.15, 0.2) is 5.82 Å². The molecule has 178 valence electrons. The maximum absolute atomic E-state index is 11.9. The largest absolute Gasteiger partial charge is 0.382 e. The Morgan fingerprint density at radius 2 is 1.89 bits per heavy atom. The molecule has 2 fully saturated rings. The van der Waals surface area contributed by atoms with Crippen LogP contribution in [0.2, 0.25) is 0 Å². The highest BCUT2D eigenvalue weighted by Gasteiger charge is 2.51. The highest BCUT2D eigenvalue weighted by molar-refractivity contribution is 6.18. The van der Waals surface area contributed by atoms with E-state index in [1.165, 1.54) is 12.1 Å². The number of nitrogens with zero attached hydrogens (tertiary/aromatic N) is 5.